The van der Waals surface area contributed by atoms with Crippen molar-refractivity contribution in [3.63, 3.8) is 0 Å². The molecule has 0 fully saturated rings. The van der Waals surface area contributed by atoms with Crippen LogP contribution in [-0.2, 0) is 19.1 Å². The lowest BCUT2D eigenvalue weighted by Crippen LogP contribution is -2.14. The number of carbonyl (C=O) groups is 2. The Morgan fingerprint density at radius 2 is 1.32 bits per heavy atom. The lowest BCUT2D eigenvalue weighted by molar-refractivity contribution is -0.139. The van der Waals surface area contributed by atoms with Gasteiger partial charge in [-0.1, -0.05) is 45.8 Å². The van der Waals surface area contributed by atoms with Crippen LogP contribution in [0.2, 0.25) is 0 Å². The Bertz CT molecular complexity index is 353. The summed E-state index contributed by atoms with van der Waals surface area (Å²) in [6, 6.07) is 0. The van der Waals surface area contributed by atoms with Crippen LogP contribution in [0.5, 0.6) is 0 Å². The molecule has 0 amide bonds. The highest BCUT2D eigenvalue weighted by atomic mass is 16.5. The summed E-state index contributed by atoms with van der Waals surface area (Å²) < 4.78 is 10.3. The molecule has 0 aliphatic heterocycles. The van der Waals surface area contributed by atoms with Crippen LogP contribution < -0.4 is 0 Å². The maximum atomic E-state index is 11.4. The third-order valence-corrected chi connectivity index (χ3v) is 3.43. The lowest BCUT2D eigenvalue weighted by Gasteiger charge is -2.17. The lowest BCUT2D eigenvalue weighted by atomic mass is 9.95. The average molecular weight is 310 g/mol. The van der Waals surface area contributed by atoms with E-state index >= 15 is 0 Å². The van der Waals surface area contributed by atoms with E-state index in [0.717, 1.165) is 25.7 Å². The first-order chi connectivity index (χ1) is 10.4. The van der Waals surface area contributed by atoms with Gasteiger partial charge in [0.25, 0.3) is 0 Å². The number of hydrogen-bond acceptors (Lipinski definition) is 4. The Kier molecular flexibility index (Phi) is 11.2. The van der Waals surface area contributed by atoms with Crippen molar-refractivity contribution >= 4 is 11.9 Å². The molecule has 0 atom stereocenters. The molecule has 0 spiro atoms. The zero-order valence-corrected chi connectivity index (χ0v) is 14.3. The van der Waals surface area contributed by atoms with Crippen LogP contribution in [0.15, 0.2) is 24.3 Å². The van der Waals surface area contributed by atoms with Gasteiger partial charge < -0.3 is 9.47 Å². The highest BCUT2D eigenvalue weighted by Gasteiger charge is 2.12. The molecule has 0 aromatic heterocycles. The van der Waals surface area contributed by atoms with Gasteiger partial charge in [-0.2, -0.15) is 0 Å². The molecule has 0 saturated heterocycles. The molecule has 0 radical (unpaired) electrons. The van der Waals surface area contributed by atoms with Gasteiger partial charge in [0.05, 0.1) is 13.2 Å². The maximum absolute atomic E-state index is 11.4. The van der Waals surface area contributed by atoms with Crippen molar-refractivity contribution in [3.8, 4) is 0 Å². The zero-order valence-electron chi connectivity index (χ0n) is 14.3. The van der Waals surface area contributed by atoms with Crippen LogP contribution in [0.3, 0.4) is 0 Å². The third kappa shape index (κ3) is 10.2. The van der Waals surface area contributed by atoms with E-state index in [2.05, 4.69) is 20.1 Å². The maximum Gasteiger partial charge on any atom is 0.333 e. The Balaban J connectivity index is 4.13. The van der Waals surface area contributed by atoms with Crippen molar-refractivity contribution in [2.75, 3.05) is 13.2 Å². The molecular formula is C18H30O4. The minimum absolute atomic E-state index is 0.346. The number of hydrogen-bond donors (Lipinski definition) is 0. The molecule has 0 aromatic carbocycles. The molecule has 0 aliphatic carbocycles. The van der Waals surface area contributed by atoms with Crippen molar-refractivity contribution in [3.05, 3.63) is 24.3 Å². The SMILES string of the molecule is C=C(C)C(=O)OCCC(CCCCC)CCOC(=O)C(=C)C. The first-order valence-electron chi connectivity index (χ1n) is 8.03. The van der Waals surface area contributed by atoms with Crippen LogP contribution in [-0.4, -0.2) is 25.2 Å². The van der Waals surface area contributed by atoms with Gasteiger partial charge in [0.2, 0.25) is 0 Å². The predicted molar refractivity (Wildman–Crippen MR) is 88.4 cm³/mol. The molecular weight excluding hydrogens is 280 g/mol. The predicted octanol–water partition coefficient (Wildman–Crippen LogP) is 4.20. The minimum Gasteiger partial charge on any atom is -0.462 e. The second-order valence-electron chi connectivity index (χ2n) is 5.77. The second kappa shape index (κ2) is 12.0. The summed E-state index contributed by atoms with van der Waals surface area (Å²) in [5.41, 5.74) is 0.829. The topological polar surface area (TPSA) is 52.6 Å². The van der Waals surface area contributed by atoms with Crippen LogP contribution in [0, 0.1) is 5.92 Å². The third-order valence-electron chi connectivity index (χ3n) is 3.43. The molecule has 0 unspecified atom stereocenters. The normalized spacial score (nSPS) is 10.4. The monoisotopic (exact) mass is 310 g/mol. The number of carbonyl (C=O) groups excluding carboxylic acids is 2. The van der Waals surface area contributed by atoms with Gasteiger partial charge in [-0.15, -0.1) is 0 Å². The van der Waals surface area contributed by atoms with Crippen molar-refractivity contribution in [1.29, 1.82) is 0 Å². The van der Waals surface area contributed by atoms with Crippen LogP contribution >= 0.6 is 0 Å². The summed E-state index contributed by atoms with van der Waals surface area (Å²) in [5.74, 6) is -0.301. The van der Waals surface area contributed by atoms with E-state index in [9.17, 15) is 9.59 Å². The molecule has 0 rings (SSSR count). The van der Waals surface area contributed by atoms with Crippen LogP contribution in [0.25, 0.3) is 0 Å². The molecule has 22 heavy (non-hydrogen) atoms. The average Bonchev–Trinajstić information content (AvgIpc) is 2.46. The molecule has 0 saturated carbocycles. The van der Waals surface area contributed by atoms with E-state index < -0.39 is 0 Å². The number of unbranched alkanes of at least 4 members (excludes halogenated alkanes) is 2. The molecule has 0 aliphatic rings. The molecule has 0 N–H and O–H groups in total. The van der Waals surface area contributed by atoms with E-state index in [-0.39, 0.29) is 11.9 Å². The second-order valence-corrected chi connectivity index (χ2v) is 5.77. The first kappa shape index (κ1) is 20.4. The molecule has 4 heteroatoms. The van der Waals surface area contributed by atoms with Crippen molar-refractivity contribution in [2.24, 2.45) is 5.92 Å². The van der Waals surface area contributed by atoms with Crippen LogP contribution in [0.4, 0.5) is 0 Å². The van der Waals surface area contributed by atoms with Crippen molar-refractivity contribution < 1.29 is 19.1 Å². The smallest absolute Gasteiger partial charge is 0.333 e. The van der Waals surface area contributed by atoms with E-state index in [1.165, 1.54) is 12.8 Å². The molecule has 126 valence electrons. The number of rotatable bonds is 12. The standard InChI is InChI=1S/C18H30O4/c1-6-7-8-9-16(10-12-21-17(19)14(2)3)11-13-22-18(20)15(4)5/h16H,2,4,6-13H2,1,3,5H3. The minimum atomic E-state index is -0.346. The summed E-state index contributed by atoms with van der Waals surface area (Å²) >= 11 is 0. The quantitative estimate of drug-likeness (QED) is 0.308. The fourth-order valence-electron chi connectivity index (χ4n) is 2.00. The Labute approximate surface area is 134 Å². The number of esters is 2. The zero-order chi connectivity index (χ0) is 17.0. The van der Waals surface area contributed by atoms with Gasteiger partial charge in [-0.05, 0) is 32.6 Å². The molecule has 4 nitrogen and oxygen atoms in total. The van der Waals surface area contributed by atoms with Gasteiger partial charge >= 0.3 is 11.9 Å². The van der Waals surface area contributed by atoms with E-state index in [1.807, 2.05) is 0 Å². The van der Waals surface area contributed by atoms with E-state index in [4.69, 9.17) is 9.47 Å². The summed E-state index contributed by atoms with van der Waals surface area (Å²) in [6.45, 7) is 13.3. The molecule has 0 aromatic rings. The van der Waals surface area contributed by atoms with Crippen molar-refractivity contribution in [1.82, 2.24) is 0 Å². The van der Waals surface area contributed by atoms with Crippen LogP contribution in [0.1, 0.15) is 59.3 Å². The highest BCUT2D eigenvalue weighted by molar-refractivity contribution is 5.87. The van der Waals surface area contributed by atoms with Gasteiger partial charge in [-0.3, -0.25) is 0 Å². The largest absolute Gasteiger partial charge is 0.462 e. The van der Waals surface area contributed by atoms with Gasteiger partial charge in [-0.25, -0.2) is 9.59 Å². The van der Waals surface area contributed by atoms with E-state index in [0.29, 0.717) is 30.3 Å². The Hall–Kier alpha value is -1.58. The summed E-state index contributed by atoms with van der Waals surface area (Å²) in [6.07, 6.45) is 6.13. The summed E-state index contributed by atoms with van der Waals surface area (Å²) in [7, 11) is 0. The fourth-order valence-corrected chi connectivity index (χ4v) is 2.00. The number of ether oxygens (including phenoxy) is 2. The fraction of sp³-hybridized carbons (Fsp3) is 0.667. The van der Waals surface area contributed by atoms with Gasteiger partial charge in [0.1, 0.15) is 0 Å². The summed E-state index contributed by atoms with van der Waals surface area (Å²) in [4.78, 5) is 22.7. The van der Waals surface area contributed by atoms with Gasteiger partial charge in [0, 0.05) is 11.1 Å². The van der Waals surface area contributed by atoms with Gasteiger partial charge in [0.15, 0.2) is 0 Å². The van der Waals surface area contributed by atoms with E-state index in [1.54, 1.807) is 13.8 Å². The Morgan fingerprint density at radius 1 is 0.864 bits per heavy atom. The molecule has 0 bridgehead atoms. The highest BCUT2D eigenvalue weighted by Crippen LogP contribution is 2.18. The van der Waals surface area contributed by atoms with Crippen molar-refractivity contribution in [2.45, 2.75) is 59.3 Å². The summed E-state index contributed by atoms with van der Waals surface area (Å²) in [5, 5.41) is 0. The first-order valence-corrected chi connectivity index (χ1v) is 8.03. The molecule has 0 heterocycles. The Morgan fingerprint density at radius 3 is 1.68 bits per heavy atom.